The Morgan fingerprint density at radius 2 is 1.73 bits per heavy atom. The molecule has 88 valence electrons. The lowest BCUT2D eigenvalue weighted by atomic mass is 10.2. The number of alkyl halides is 1. The molecule has 0 heterocycles. The Morgan fingerprint density at radius 3 is 2.20 bits per heavy atom. The minimum absolute atomic E-state index is 0.0728. The zero-order valence-electron chi connectivity index (χ0n) is 8.93. The zero-order chi connectivity index (χ0) is 11.9. The summed E-state index contributed by atoms with van der Waals surface area (Å²) in [4.78, 5) is 21.8. The number of rotatable bonds is 2. The number of nitrogens with one attached hydrogen (secondary N) is 2. The predicted octanol–water partition coefficient (Wildman–Crippen LogP) is 1.39. The molecule has 0 radical (unpaired) electrons. The SMILES string of the molecule is CC(C)(C)OC(=O)NNC(=O)OCCCl. The van der Waals surface area contributed by atoms with Gasteiger partial charge >= 0.3 is 12.2 Å². The molecule has 0 rings (SSSR count). The molecular formula is C8H15ClN2O4. The van der Waals surface area contributed by atoms with Crippen LogP contribution < -0.4 is 10.9 Å². The van der Waals surface area contributed by atoms with E-state index in [0.717, 1.165) is 0 Å². The molecule has 0 atom stereocenters. The van der Waals surface area contributed by atoms with Gasteiger partial charge in [-0.15, -0.1) is 11.6 Å². The van der Waals surface area contributed by atoms with E-state index >= 15 is 0 Å². The summed E-state index contributed by atoms with van der Waals surface area (Å²) in [6, 6.07) is 0. The quantitative estimate of drug-likeness (QED) is 0.563. The van der Waals surface area contributed by atoms with Crippen molar-refractivity contribution in [2.75, 3.05) is 12.5 Å². The van der Waals surface area contributed by atoms with Gasteiger partial charge in [0.05, 0.1) is 5.88 Å². The summed E-state index contributed by atoms with van der Waals surface area (Å²) in [5, 5.41) is 0. The minimum atomic E-state index is -0.790. The maximum atomic E-state index is 11.0. The van der Waals surface area contributed by atoms with Crippen molar-refractivity contribution in [3.05, 3.63) is 0 Å². The average Bonchev–Trinajstić information content (AvgIpc) is 2.08. The Morgan fingerprint density at radius 1 is 1.20 bits per heavy atom. The topological polar surface area (TPSA) is 76.7 Å². The van der Waals surface area contributed by atoms with Crippen molar-refractivity contribution in [3.8, 4) is 0 Å². The first-order valence-corrected chi connectivity index (χ1v) is 4.86. The number of hydrogen-bond donors (Lipinski definition) is 2. The van der Waals surface area contributed by atoms with E-state index in [1.807, 2.05) is 10.9 Å². The molecule has 2 N–H and O–H groups in total. The Labute approximate surface area is 93.2 Å². The van der Waals surface area contributed by atoms with Crippen LogP contribution in [0.15, 0.2) is 0 Å². The van der Waals surface area contributed by atoms with E-state index in [0.29, 0.717) is 0 Å². The van der Waals surface area contributed by atoms with Crippen LogP contribution in [0.25, 0.3) is 0 Å². The third-order valence-electron chi connectivity index (χ3n) is 0.976. The molecule has 0 saturated carbocycles. The van der Waals surface area contributed by atoms with Gasteiger partial charge in [-0.2, -0.15) is 0 Å². The van der Waals surface area contributed by atoms with Crippen LogP contribution in [-0.4, -0.2) is 30.3 Å². The van der Waals surface area contributed by atoms with Gasteiger partial charge in [-0.1, -0.05) is 0 Å². The largest absolute Gasteiger partial charge is 0.447 e. The third kappa shape index (κ3) is 9.14. The molecule has 0 saturated heterocycles. The number of carbonyl (C=O) groups excluding carboxylic acids is 2. The highest BCUT2D eigenvalue weighted by Gasteiger charge is 2.16. The van der Waals surface area contributed by atoms with E-state index in [4.69, 9.17) is 16.3 Å². The molecule has 0 unspecified atom stereocenters. The standard InChI is InChI=1S/C8H15ClN2O4/c1-8(2,3)15-7(13)11-10-6(12)14-5-4-9/h4-5H2,1-3H3,(H,10,12)(H,11,13). The van der Waals surface area contributed by atoms with Gasteiger partial charge in [-0.25, -0.2) is 20.4 Å². The van der Waals surface area contributed by atoms with E-state index in [-0.39, 0.29) is 12.5 Å². The Hall–Kier alpha value is -1.17. The second-order valence-electron chi connectivity index (χ2n) is 3.58. The van der Waals surface area contributed by atoms with Gasteiger partial charge in [0.2, 0.25) is 0 Å². The molecule has 0 aliphatic heterocycles. The maximum Gasteiger partial charge on any atom is 0.426 e. The lowest BCUT2D eigenvalue weighted by Gasteiger charge is -2.19. The first-order chi connectivity index (χ1) is 6.85. The summed E-state index contributed by atoms with van der Waals surface area (Å²) in [6.45, 7) is 5.19. The summed E-state index contributed by atoms with van der Waals surface area (Å²) in [5.74, 6) is 0.194. The predicted molar refractivity (Wildman–Crippen MR) is 54.6 cm³/mol. The van der Waals surface area contributed by atoms with Crippen molar-refractivity contribution in [3.63, 3.8) is 0 Å². The van der Waals surface area contributed by atoms with E-state index in [1.165, 1.54) is 0 Å². The molecule has 15 heavy (non-hydrogen) atoms. The fraction of sp³-hybridized carbons (Fsp3) is 0.750. The van der Waals surface area contributed by atoms with Crippen LogP contribution in [-0.2, 0) is 9.47 Å². The van der Waals surface area contributed by atoms with Gasteiger partial charge in [0, 0.05) is 0 Å². The molecule has 0 spiro atoms. The van der Waals surface area contributed by atoms with Crippen LogP contribution in [0, 0.1) is 0 Å². The van der Waals surface area contributed by atoms with Gasteiger partial charge in [-0.05, 0) is 20.8 Å². The van der Waals surface area contributed by atoms with Crippen molar-refractivity contribution >= 4 is 23.8 Å². The summed E-state index contributed by atoms with van der Waals surface area (Å²) in [5.41, 5.74) is 3.40. The normalized spacial score (nSPS) is 10.4. The molecule has 0 aliphatic carbocycles. The van der Waals surface area contributed by atoms with Crippen molar-refractivity contribution in [2.24, 2.45) is 0 Å². The van der Waals surface area contributed by atoms with Gasteiger partial charge in [-0.3, -0.25) is 0 Å². The Bertz CT molecular complexity index is 227. The van der Waals surface area contributed by atoms with E-state index < -0.39 is 17.8 Å². The van der Waals surface area contributed by atoms with Gasteiger partial charge in [0.15, 0.2) is 0 Å². The van der Waals surface area contributed by atoms with Crippen LogP contribution >= 0.6 is 11.6 Å². The fourth-order valence-electron chi connectivity index (χ4n) is 0.573. The maximum absolute atomic E-state index is 11.0. The minimum Gasteiger partial charge on any atom is -0.447 e. The molecule has 2 amide bonds. The van der Waals surface area contributed by atoms with Gasteiger partial charge in [0.25, 0.3) is 0 Å². The molecule has 0 fully saturated rings. The monoisotopic (exact) mass is 238 g/mol. The van der Waals surface area contributed by atoms with Crippen molar-refractivity contribution in [1.82, 2.24) is 10.9 Å². The van der Waals surface area contributed by atoms with Gasteiger partial charge in [0.1, 0.15) is 12.2 Å². The Kier molecular flexibility index (Phi) is 5.84. The number of amides is 2. The molecule has 0 aromatic carbocycles. The van der Waals surface area contributed by atoms with Crippen LogP contribution in [0.5, 0.6) is 0 Å². The molecular weight excluding hydrogens is 224 g/mol. The third-order valence-corrected chi connectivity index (χ3v) is 1.13. The second-order valence-corrected chi connectivity index (χ2v) is 3.95. The lowest BCUT2D eigenvalue weighted by Crippen LogP contribution is -2.44. The van der Waals surface area contributed by atoms with Crippen LogP contribution in [0.3, 0.4) is 0 Å². The molecule has 0 aromatic heterocycles. The number of hydrazine groups is 1. The first kappa shape index (κ1) is 13.8. The lowest BCUT2D eigenvalue weighted by molar-refractivity contribution is 0.0487. The van der Waals surface area contributed by atoms with E-state index in [2.05, 4.69) is 4.74 Å². The highest BCUT2D eigenvalue weighted by molar-refractivity contribution is 6.18. The second kappa shape index (κ2) is 6.34. The summed E-state index contributed by atoms with van der Waals surface area (Å²) in [6.07, 6.45) is -1.55. The molecule has 0 bridgehead atoms. The number of ether oxygens (including phenoxy) is 2. The summed E-state index contributed by atoms with van der Waals surface area (Å²) < 4.78 is 9.37. The van der Waals surface area contributed by atoms with Crippen LogP contribution in [0.1, 0.15) is 20.8 Å². The number of hydrogen-bond acceptors (Lipinski definition) is 4. The van der Waals surface area contributed by atoms with E-state index in [1.54, 1.807) is 20.8 Å². The highest BCUT2D eigenvalue weighted by Crippen LogP contribution is 2.05. The zero-order valence-corrected chi connectivity index (χ0v) is 9.68. The highest BCUT2D eigenvalue weighted by atomic mass is 35.5. The number of halogens is 1. The van der Waals surface area contributed by atoms with E-state index in [9.17, 15) is 9.59 Å². The first-order valence-electron chi connectivity index (χ1n) is 4.33. The smallest absolute Gasteiger partial charge is 0.426 e. The molecule has 0 aliphatic rings. The number of carbonyl (C=O) groups is 2. The summed E-state index contributed by atoms with van der Waals surface area (Å²) in [7, 11) is 0. The Balaban J connectivity index is 3.67. The van der Waals surface area contributed by atoms with Crippen molar-refractivity contribution in [2.45, 2.75) is 26.4 Å². The van der Waals surface area contributed by atoms with Crippen molar-refractivity contribution in [1.29, 1.82) is 0 Å². The average molecular weight is 239 g/mol. The summed E-state index contributed by atoms with van der Waals surface area (Å²) >= 11 is 5.28. The van der Waals surface area contributed by atoms with Crippen LogP contribution in [0.2, 0.25) is 0 Å². The molecule has 6 nitrogen and oxygen atoms in total. The van der Waals surface area contributed by atoms with Gasteiger partial charge < -0.3 is 9.47 Å². The van der Waals surface area contributed by atoms with Crippen LogP contribution in [0.4, 0.5) is 9.59 Å². The molecule has 0 aromatic rings. The van der Waals surface area contributed by atoms with Crippen molar-refractivity contribution < 1.29 is 19.1 Å². The fourth-order valence-corrected chi connectivity index (χ4v) is 0.650. The molecule has 7 heteroatoms.